The molecule has 8 heteroatoms. The highest BCUT2D eigenvalue weighted by Crippen LogP contribution is 2.24. The van der Waals surface area contributed by atoms with Gasteiger partial charge in [-0.2, -0.15) is 0 Å². The summed E-state index contributed by atoms with van der Waals surface area (Å²) in [6.07, 6.45) is -0.328. The van der Waals surface area contributed by atoms with Gasteiger partial charge in [-0.05, 0) is 31.5 Å². The van der Waals surface area contributed by atoms with E-state index in [1.807, 2.05) is 0 Å². The van der Waals surface area contributed by atoms with Crippen LogP contribution in [-0.2, 0) is 10.0 Å². The van der Waals surface area contributed by atoms with Gasteiger partial charge >= 0.3 is 5.97 Å². The molecule has 1 atom stereocenters. The number of hydrogen-bond acceptors (Lipinski definition) is 5. The van der Waals surface area contributed by atoms with Crippen molar-refractivity contribution in [2.75, 3.05) is 20.7 Å². The third-order valence-electron chi connectivity index (χ3n) is 2.97. The molecule has 0 aromatic heterocycles. The lowest BCUT2D eigenvalue weighted by Gasteiger charge is -2.18. The quantitative estimate of drug-likeness (QED) is 0.770. The molecule has 1 unspecified atom stereocenters. The minimum Gasteiger partial charge on any atom is -0.496 e. The van der Waals surface area contributed by atoms with Crippen molar-refractivity contribution in [1.82, 2.24) is 4.31 Å². The lowest BCUT2D eigenvalue weighted by Crippen LogP contribution is -2.29. The molecule has 0 aliphatic carbocycles. The first kappa shape index (κ1) is 17.4. The summed E-state index contributed by atoms with van der Waals surface area (Å²) in [5.74, 6) is -1.18. The van der Waals surface area contributed by atoms with Gasteiger partial charge in [-0.1, -0.05) is 0 Å². The SMILES string of the molecule is COc1ccc(S(=O)(=O)N(C)CCC(C)O)cc1C(=O)O. The number of nitrogens with zero attached hydrogens (tertiary/aromatic N) is 1. The predicted molar refractivity (Wildman–Crippen MR) is 76.1 cm³/mol. The van der Waals surface area contributed by atoms with E-state index in [9.17, 15) is 18.3 Å². The lowest BCUT2D eigenvalue weighted by atomic mass is 10.2. The number of hydrogen-bond donors (Lipinski definition) is 2. The molecule has 0 radical (unpaired) electrons. The number of sulfonamides is 1. The third kappa shape index (κ3) is 4.16. The van der Waals surface area contributed by atoms with Crippen molar-refractivity contribution < 1.29 is 28.2 Å². The van der Waals surface area contributed by atoms with Gasteiger partial charge in [0.15, 0.2) is 0 Å². The van der Waals surface area contributed by atoms with E-state index < -0.39 is 22.1 Å². The fourth-order valence-corrected chi connectivity index (χ4v) is 2.90. The Kier molecular flexibility index (Phi) is 5.70. The zero-order valence-corrected chi connectivity index (χ0v) is 12.9. The molecular weight excluding hydrogens is 298 g/mol. The summed E-state index contributed by atoms with van der Waals surface area (Å²) in [4.78, 5) is 11.0. The number of rotatable bonds is 7. The van der Waals surface area contributed by atoms with Crippen LogP contribution >= 0.6 is 0 Å². The minimum absolute atomic E-state index is 0.0908. The zero-order chi connectivity index (χ0) is 16.2. The van der Waals surface area contributed by atoms with Crippen LogP contribution in [0.4, 0.5) is 0 Å². The number of carboxylic acids is 1. The maximum absolute atomic E-state index is 12.3. The van der Waals surface area contributed by atoms with Crippen LogP contribution in [0, 0.1) is 0 Å². The van der Waals surface area contributed by atoms with Crippen molar-refractivity contribution in [3.05, 3.63) is 23.8 Å². The van der Waals surface area contributed by atoms with E-state index in [0.717, 1.165) is 10.4 Å². The Balaban J connectivity index is 3.14. The smallest absolute Gasteiger partial charge is 0.339 e. The normalized spacial score (nSPS) is 13.2. The van der Waals surface area contributed by atoms with Crippen molar-refractivity contribution in [1.29, 1.82) is 0 Å². The summed E-state index contributed by atoms with van der Waals surface area (Å²) in [5.41, 5.74) is -0.220. The van der Waals surface area contributed by atoms with Crippen LogP contribution in [0.3, 0.4) is 0 Å². The molecule has 0 spiro atoms. The summed E-state index contributed by atoms with van der Waals surface area (Å²) in [6, 6.07) is 3.66. The second-order valence-electron chi connectivity index (χ2n) is 4.63. The lowest BCUT2D eigenvalue weighted by molar-refractivity contribution is 0.0693. The molecule has 0 bridgehead atoms. The maximum Gasteiger partial charge on any atom is 0.339 e. The van der Waals surface area contributed by atoms with E-state index in [1.54, 1.807) is 6.92 Å². The van der Waals surface area contributed by atoms with E-state index in [1.165, 1.54) is 26.3 Å². The number of aromatic carboxylic acids is 1. The summed E-state index contributed by atoms with van der Waals surface area (Å²) < 4.78 is 30.6. The average Bonchev–Trinajstić information content (AvgIpc) is 2.43. The van der Waals surface area contributed by atoms with Crippen LogP contribution in [0.5, 0.6) is 5.75 Å². The number of methoxy groups -OCH3 is 1. The maximum atomic E-state index is 12.3. The number of ether oxygens (including phenoxy) is 1. The molecular formula is C13H19NO6S. The summed E-state index contributed by atoms with van der Waals surface area (Å²) in [7, 11) is -1.12. The summed E-state index contributed by atoms with van der Waals surface area (Å²) in [6.45, 7) is 1.70. The van der Waals surface area contributed by atoms with Gasteiger partial charge < -0.3 is 14.9 Å². The van der Waals surface area contributed by atoms with Crippen LogP contribution < -0.4 is 4.74 Å². The standard InChI is InChI=1S/C13H19NO6S/c1-9(15)6-7-14(2)21(18,19)10-4-5-12(20-3)11(8-10)13(16)17/h4-5,8-9,15H,6-7H2,1-3H3,(H,16,17). The monoisotopic (exact) mass is 317 g/mol. The topological polar surface area (TPSA) is 104 Å². The van der Waals surface area contributed by atoms with Gasteiger partial charge in [0.05, 0.1) is 18.1 Å². The van der Waals surface area contributed by atoms with Crippen LogP contribution in [0.2, 0.25) is 0 Å². The Hall–Kier alpha value is -1.64. The molecule has 0 saturated carbocycles. The van der Waals surface area contributed by atoms with Gasteiger partial charge in [-0.25, -0.2) is 17.5 Å². The van der Waals surface area contributed by atoms with Gasteiger partial charge in [0.25, 0.3) is 0 Å². The first-order valence-electron chi connectivity index (χ1n) is 6.26. The molecule has 0 aliphatic rings. The molecule has 0 aliphatic heterocycles. The fourth-order valence-electron chi connectivity index (χ4n) is 1.68. The van der Waals surface area contributed by atoms with Gasteiger partial charge in [0.1, 0.15) is 11.3 Å². The highest BCUT2D eigenvalue weighted by molar-refractivity contribution is 7.89. The number of benzene rings is 1. The van der Waals surface area contributed by atoms with E-state index in [0.29, 0.717) is 0 Å². The number of aliphatic hydroxyl groups excluding tert-OH is 1. The van der Waals surface area contributed by atoms with E-state index in [-0.39, 0.29) is 29.2 Å². The Morgan fingerprint density at radius 2 is 2.05 bits per heavy atom. The highest BCUT2D eigenvalue weighted by atomic mass is 32.2. The van der Waals surface area contributed by atoms with Crippen molar-refractivity contribution in [3.8, 4) is 5.75 Å². The van der Waals surface area contributed by atoms with Gasteiger partial charge in [0, 0.05) is 13.6 Å². The molecule has 0 amide bonds. The minimum atomic E-state index is -3.81. The zero-order valence-electron chi connectivity index (χ0n) is 12.1. The Morgan fingerprint density at radius 3 is 2.52 bits per heavy atom. The highest BCUT2D eigenvalue weighted by Gasteiger charge is 2.23. The molecule has 0 fully saturated rings. The number of carboxylic acid groups (broad SMARTS) is 1. The van der Waals surface area contributed by atoms with Crippen LogP contribution in [0.15, 0.2) is 23.1 Å². The summed E-state index contributed by atoms with van der Waals surface area (Å²) >= 11 is 0. The van der Waals surface area contributed by atoms with E-state index in [2.05, 4.69) is 0 Å². The molecule has 21 heavy (non-hydrogen) atoms. The second-order valence-corrected chi connectivity index (χ2v) is 6.68. The molecule has 118 valence electrons. The van der Waals surface area contributed by atoms with Crippen molar-refractivity contribution in [2.24, 2.45) is 0 Å². The van der Waals surface area contributed by atoms with E-state index >= 15 is 0 Å². The Morgan fingerprint density at radius 1 is 1.43 bits per heavy atom. The van der Waals surface area contributed by atoms with Crippen molar-refractivity contribution in [2.45, 2.75) is 24.3 Å². The van der Waals surface area contributed by atoms with Crippen molar-refractivity contribution >= 4 is 16.0 Å². The number of aliphatic hydroxyl groups is 1. The molecule has 1 rings (SSSR count). The predicted octanol–water partition coefficient (Wildman–Crippen LogP) is 0.785. The first-order valence-corrected chi connectivity index (χ1v) is 7.70. The molecule has 0 heterocycles. The van der Waals surface area contributed by atoms with Gasteiger partial charge in [-0.3, -0.25) is 0 Å². The van der Waals surface area contributed by atoms with Crippen LogP contribution in [0.25, 0.3) is 0 Å². The number of carbonyl (C=O) groups is 1. The molecule has 1 aromatic rings. The van der Waals surface area contributed by atoms with Crippen LogP contribution in [0.1, 0.15) is 23.7 Å². The molecule has 7 nitrogen and oxygen atoms in total. The average molecular weight is 317 g/mol. The molecule has 0 saturated heterocycles. The first-order chi connectivity index (χ1) is 9.70. The van der Waals surface area contributed by atoms with Crippen LogP contribution in [-0.4, -0.2) is 55.7 Å². The van der Waals surface area contributed by atoms with Gasteiger partial charge in [0.2, 0.25) is 10.0 Å². The van der Waals surface area contributed by atoms with Gasteiger partial charge in [-0.15, -0.1) is 0 Å². The largest absolute Gasteiger partial charge is 0.496 e. The third-order valence-corrected chi connectivity index (χ3v) is 4.82. The molecule has 1 aromatic carbocycles. The van der Waals surface area contributed by atoms with E-state index in [4.69, 9.17) is 9.84 Å². The van der Waals surface area contributed by atoms with Crippen molar-refractivity contribution in [3.63, 3.8) is 0 Å². The molecule has 2 N–H and O–H groups in total. The Bertz CT molecular complexity index is 611. The fraction of sp³-hybridized carbons (Fsp3) is 0.462. The Labute approximate surface area is 123 Å². The second kappa shape index (κ2) is 6.88. The summed E-state index contributed by atoms with van der Waals surface area (Å²) in [5, 5.41) is 18.3.